The molecule has 48 valence electrons. The fourth-order valence-corrected chi connectivity index (χ4v) is 0.512. The third-order valence-electron chi connectivity index (χ3n) is 0.946. The molecule has 0 rings (SSSR count). The second-order valence-corrected chi connectivity index (χ2v) is 2.03. The molecule has 0 aliphatic rings. The molecule has 0 heterocycles. The highest BCUT2D eigenvalue weighted by Gasteiger charge is 2.06. The quantitative estimate of drug-likeness (QED) is 0.523. The van der Waals surface area contributed by atoms with Gasteiger partial charge >= 0.3 is 0 Å². The Morgan fingerprint density at radius 3 is 2.12 bits per heavy atom. The fraction of sp³-hybridized carbons (Fsp3) is 0.833. The molecule has 0 aromatic carbocycles. The zero-order valence-corrected chi connectivity index (χ0v) is 5.17. The Morgan fingerprint density at radius 1 is 1.50 bits per heavy atom. The van der Waals surface area contributed by atoms with Crippen molar-refractivity contribution in [2.45, 2.75) is 32.0 Å². The second-order valence-electron chi connectivity index (χ2n) is 2.03. The molecule has 0 bridgehead atoms. The van der Waals surface area contributed by atoms with Gasteiger partial charge in [0.2, 0.25) is 0 Å². The Morgan fingerprint density at radius 2 is 2.00 bits per heavy atom. The van der Waals surface area contributed by atoms with E-state index < -0.39 is 12.2 Å². The fourth-order valence-electron chi connectivity index (χ4n) is 0.512. The molecule has 8 heavy (non-hydrogen) atoms. The Bertz CT molecular complexity index is 52.5. The van der Waals surface area contributed by atoms with Gasteiger partial charge in [-0.2, -0.15) is 0 Å². The SMILES string of the molecule is [CH2+]CC(O)CC(C)O. The minimum atomic E-state index is -0.435. The van der Waals surface area contributed by atoms with Crippen molar-refractivity contribution in [3.63, 3.8) is 0 Å². The first kappa shape index (κ1) is 7.79. The van der Waals surface area contributed by atoms with Gasteiger partial charge < -0.3 is 10.2 Å². The van der Waals surface area contributed by atoms with Gasteiger partial charge in [0, 0.05) is 6.42 Å². The predicted molar refractivity (Wildman–Crippen MR) is 32.3 cm³/mol. The van der Waals surface area contributed by atoms with E-state index >= 15 is 0 Å². The standard InChI is InChI=1S/C6H13O2/c1-3-6(8)4-5(2)7/h5-8H,1,3-4H2,2H3/q+1. The van der Waals surface area contributed by atoms with Gasteiger partial charge in [0.25, 0.3) is 0 Å². The van der Waals surface area contributed by atoms with Crippen molar-refractivity contribution in [2.24, 2.45) is 0 Å². The van der Waals surface area contributed by atoms with E-state index in [-0.39, 0.29) is 0 Å². The summed E-state index contributed by atoms with van der Waals surface area (Å²) in [6.07, 6.45) is 0.0655. The van der Waals surface area contributed by atoms with E-state index in [2.05, 4.69) is 6.92 Å². The highest BCUT2D eigenvalue weighted by Crippen LogP contribution is 1.99. The third kappa shape index (κ3) is 3.96. The predicted octanol–water partition coefficient (Wildman–Crippen LogP) is 0.342. The first-order valence-electron chi connectivity index (χ1n) is 2.82. The average Bonchev–Trinajstić information content (AvgIpc) is 1.65. The van der Waals surface area contributed by atoms with Crippen LogP contribution in [0, 0.1) is 6.92 Å². The molecule has 0 amide bonds. The summed E-state index contributed by atoms with van der Waals surface area (Å²) in [5, 5.41) is 17.5. The molecule has 2 nitrogen and oxygen atoms in total. The van der Waals surface area contributed by atoms with Crippen LogP contribution in [0.5, 0.6) is 0 Å². The highest BCUT2D eigenvalue weighted by molar-refractivity contribution is 4.59. The van der Waals surface area contributed by atoms with Crippen LogP contribution in [-0.4, -0.2) is 22.4 Å². The van der Waals surface area contributed by atoms with Crippen LogP contribution in [0.4, 0.5) is 0 Å². The van der Waals surface area contributed by atoms with E-state index in [9.17, 15) is 0 Å². The second kappa shape index (κ2) is 3.75. The van der Waals surface area contributed by atoms with Gasteiger partial charge in [0.05, 0.1) is 19.1 Å². The largest absolute Gasteiger partial charge is 0.393 e. The van der Waals surface area contributed by atoms with Crippen molar-refractivity contribution in [3.8, 4) is 0 Å². The molecule has 0 saturated heterocycles. The molecule has 0 aliphatic carbocycles. The van der Waals surface area contributed by atoms with Gasteiger partial charge in [-0.25, -0.2) is 0 Å². The maximum atomic E-state index is 8.81. The minimum Gasteiger partial charge on any atom is -0.393 e. The van der Waals surface area contributed by atoms with Gasteiger partial charge in [-0.1, -0.05) is 0 Å². The first-order valence-corrected chi connectivity index (χ1v) is 2.82. The third-order valence-corrected chi connectivity index (χ3v) is 0.946. The number of rotatable bonds is 3. The van der Waals surface area contributed by atoms with E-state index in [1.165, 1.54) is 0 Å². The molecule has 2 unspecified atom stereocenters. The number of hydrogen-bond acceptors (Lipinski definition) is 2. The van der Waals surface area contributed by atoms with Gasteiger partial charge in [-0.05, 0) is 6.92 Å². The van der Waals surface area contributed by atoms with E-state index in [1.807, 2.05) is 0 Å². The van der Waals surface area contributed by atoms with Crippen molar-refractivity contribution < 1.29 is 10.2 Å². The molecular weight excluding hydrogens is 104 g/mol. The van der Waals surface area contributed by atoms with E-state index in [4.69, 9.17) is 10.2 Å². The summed E-state index contributed by atoms with van der Waals surface area (Å²) < 4.78 is 0. The summed E-state index contributed by atoms with van der Waals surface area (Å²) >= 11 is 0. The molecule has 2 N–H and O–H groups in total. The van der Waals surface area contributed by atoms with Crippen molar-refractivity contribution in [1.82, 2.24) is 0 Å². The van der Waals surface area contributed by atoms with Gasteiger partial charge in [-0.15, -0.1) is 0 Å². The minimum absolute atomic E-state index is 0.410. The molecule has 0 spiro atoms. The Hall–Kier alpha value is -0.210. The zero-order chi connectivity index (χ0) is 6.57. The van der Waals surface area contributed by atoms with Gasteiger partial charge in [0.1, 0.15) is 6.42 Å². The normalized spacial score (nSPS) is 17.9. The van der Waals surface area contributed by atoms with Crippen molar-refractivity contribution in [3.05, 3.63) is 6.92 Å². The number of hydrogen-bond donors (Lipinski definition) is 2. The van der Waals surface area contributed by atoms with E-state index in [0.717, 1.165) is 0 Å². The Labute approximate surface area is 50.2 Å². The topological polar surface area (TPSA) is 40.5 Å². The summed E-state index contributed by atoms with van der Waals surface area (Å²) in [5.41, 5.74) is 0. The highest BCUT2D eigenvalue weighted by atomic mass is 16.3. The van der Waals surface area contributed by atoms with Crippen LogP contribution >= 0.6 is 0 Å². The van der Waals surface area contributed by atoms with E-state index in [0.29, 0.717) is 12.8 Å². The molecule has 2 atom stereocenters. The lowest BCUT2D eigenvalue weighted by molar-refractivity contribution is 0.0920. The van der Waals surface area contributed by atoms with Crippen LogP contribution in [-0.2, 0) is 0 Å². The lowest BCUT2D eigenvalue weighted by Crippen LogP contribution is -2.13. The van der Waals surface area contributed by atoms with Crippen LogP contribution in [0.15, 0.2) is 0 Å². The summed E-state index contributed by atoms with van der Waals surface area (Å²) in [7, 11) is 0. The maximum Gasteiger partial charge on any atom is 0.111 e. The molecule has 2 heteroatoms. The maximum absolute atomic E-state index is 8.81. The van der Waals surface area contributed by atoms with E-state index in [1.54, 1.807) is 6.92 Å². The van der Waals surface area contributed by atoms with Crippen LogP contribution < -0.4 is 0 Å². The molecular formula is C6H13O2+. The molecule has 0 aromatic heterocycles. The zero-order valence-electron chi connectivity index (χ0n) is 5.17. The molecule has 0 fully saturated rings. The number of aliphatic hydroxyl groups excluding tert-OH is 2. The average molecular weight is 117 g/mol. The molecule has 0 saturated carbocycles. The Kier molecular flexibility index (Phi) is 3.65. The smallest absolute Gasteiger partial charge is 0.111 e. The summed E-state index contributed by atoms with van der Waals surface area (Å²) in [6, 6.07) is 0. The lowest BCUT2D eigenvalue weighted by atomic mass is 10.1. The molecule has 0 aliphatic heterocycles. The summed E-state index contributed by atoms with van der Waals surface area (Å²) in [6.45, 7) is 5.13. The van der Waals surface area contributed by atoms with Crippen molar-refractivity contribution in [1.29, 1.82) is 0 Å². The monoisotopic (exact) mass is 117 g/mol. The first-order chi connectivity index (χ1) is 3.66. The molecule has 0 radical (unpaired) electrons. The van der Waals surface area contributed by atoms with Crippen LogP contribution in [0.1, 0.15) is 19.8 Å². The van der Waals surface area contributed by atoms with Crippen LogP contribution in [0.2, 0.25) is 0 Å². The van der Waals surface area contributed by atoms with Gasteiger partial charge in [-0.3, -0.25) is 0 Å². The Balaban J connectivity index is 3.10. The van der Waals surface area contributed by atoms with Crippen LogP contribution in [0.25, 0.3) is 0 Å². The van der Waals surface area contributed by atoms with Gasteiger partial charge in [0.15, 0.2) is 0 Å². The van der Waals surface area contributed by atoms with Crippen molar-refractivity contribution >= 4 is 0 Å². The van der Waals surface area contributed by atoms with Crippen molar-refractivity contribution in [2.75, 3.05) is 0 Å². The summed E-state index contributed by atoms with van der Waals surface area (Å²) in [5.74, 6) is 0. The van der Waals surface area contributed by atoms with Crippen LogP contribution in [0.3, 0.4) is 0 Å². The summed E-state index contributed by atoms with van der Waals surface area (Å²) in [4.78, 5) is 0. The molecule has 0 aromatic rings. The number of aliphatic hydroxyl groups is 2. The lowest BCUT2D eigenvalue weighted by Gasteiger charge is -2.05.